The molecule has 1 N–H and O–H groups in total. The van der Waals surface area contributed by atoms with Crippen LogP contribution in [0.1, 0.15) is 25.0 Å². The van der Waals surface area contributed by atoms with Gasteiger partial charge >= 0.3 is 6.18 Å². The molecule has 6 heteroatoms. The molecular weight excluding hydrogens is 272 g/mol. The van der Waals surface area contributed by atoms with Gasteiger partial charge in [0.25, 0.3) is 0 Å². The van der Waals surface area contributed by atoms with Crippen molar-refractivity contribution in [1.82, 2.24) is 10.2 Å². The maximum atomic E-state index is 13.2. The monoisotopic (exact) mass is 290 g/mol. The average molecular weight is 290 g/mol. The zero-order valence-corrected chi connectivity index (χ0v) is 11.5. The second-order valence-electron chi connectivity index (χ2n) is 5.40. The highest BCUT2D eigenvalue weighted by Gasteiger charge is 2.34. The summed E-state index contributed by atoms with van der Waals surface area (Å²) in [6.07, 6.45) is -4.65. The third kappa shape index (κ3) is 3.49. The topological polar surface area (TPSA) is 15.3 Å². The third-order valence-corrected chi connectivity index (χ3v) is 3.62. The molecule has 2 atom stereocenters. The molecule has 0 aliphatic carbocycles. The number of hydrogen-bond acceptors (Lipinski definition) is 2. The predicted molar refractivity (Wildman–Crippen MR) is 68.7 cm³/mol. The molecule has 1 aromatic carbocycles. The van der Waals surface area contributed by atoms with E-state index >= 15 is 0 Å². The Balaban J connectivity index is 2.17. The van der Waals surface area contributed by atoms with E-state index in [9.17, 15) is 17.6 Å². The van der Waals surface area contributed by atoms with E-state index in [0.717, 1.165) is 25.2 Å². The Hall–Kier alpha value is -1.14. The van der Waals surface area contributed by atoms with E-state index < -0.39 is 17.6 Å². The van der Waals surface area contributed by atoms with Crippen LogP contribution in [-0.2, 0) is 12.7 Å². The van der Waals surface area contributed by atoms with E-state index in [-0.39, 0.29) is 6.04 Å². The van der Waals surface area contributed by atoms with Crippen LogP contribution in [0.2, 0.25) is 0 Å². The van der Waals surface area contributed by atoms with Crippen LogP contribution in [-0.4, -0.2) is 30.1 Å². The molecule has 2 rings (SSSR count). The van der Waals surface area contributed by atoms with Gasteiger partial charge in [-0.3, -0.25) is 4.90 Å². The number of alkyl halides is 3. The molecule has 2 nitrogen and oxygen atoms in total. The lowest BCUT2D eigenvalue weighted by atomic mass is 10.1. The van der Waals surface area contributed by atoms with E-state index in [2.05, 4.69) is 10.2 Å². The zero-order chi connectivity index (χ0) is 14.9. The zero-order valence-electron chi connectivity index (χ0n) is 11.5. The number of piperazine rings is 1. The molecule has 20 heavy (non-hydrogen) atoms. The highest BCUT2D eigenvalue weighted by molar-refractivity contribution is 5.27. The predicted octanol–water partition coefficient (Wildman–Crippen LogP) is 3.03. The van der Waals surface area contributed by atoms with E-state index in [4.69, 9.17) is 0 Å². The molecule has 0 aromatic heterocycles. The Morgan fingerprint density at radius 3 is 2.65 bits per heavy atom. The molecule has 1 aliphatic heterocycles. The first-order valence-corrected chi connectivity index (χ1v) is 6.60. The lowest BCUT2D eigenvalue weighted by Crippen LogP contribution is -2.53. The van der Waals surface area contributed by atoms with Crippen molar-refractivity contribution in [2.75, 3.05) is 13.1 Å². The smallest absolute Gasteiger partial charge is 0.311 e. The summed E-state index contributed by atoms with van der Waals surface area (Å²) in [6.45, 7) is 6.02. The highest BCUT2D eigenvalue weighted by Crippen LogP contribution is 2.32. The maximum Gasteiger partial charge on any atom is 0.419 e. The van der Waals surface area contributed by atoms with Crippen LogP contribution >= 0.6 is 0 Å². The standard InChI is InChI=1S/C14H18F4N2/c1-9-7-20(10(2)6-19-9)8-11-3-4-13(15)12(5-11)14(16,17)18/h3-5,9-10,19H,6-8H2,1-2H3/t9-,10+/m1/s1. The molecular formula is C14H18F4N2. The summed E-state index contributed by atoms with van der Waals surface area (Å²) >= 11 is 0. The number of rotatable bonds is 2. The van der Waals surface area contributed by atoms with Gasteiger partial charge < -0.3 is 5.32 Å². The Morgan fingerprint density at radius 1 is 1.30 bits per heavy atom. The summed E-state index contributed by atoms with van der Waals surface area (Å²) in [4.78, 5) is 2.11. The van der Waals surface area contributed by atoms with Gasteiger partial charge in [-0.05, 0) is 31.5 Å². The summed E-state index contributed by atoms with van der Waals surface area (Å²) in [7, 11) is 0. The van der Waals surface area contributed by atoms with Crippen molar-refractivity contribution in [1.29, 1.82) is 0 Å². The molecule has 1 fully saturated rings. The first-order valence-electron chi connectivity index (χ1n) is 6.60. The molecule has 0 unspecified atom stereocenters. The molecule has 0 radical (unpaired) electrons. The van der Waals surface area contributed by atoms with Crippen molar-refractivity contribution in [3.63, 3.8) is 0 Å². The Morgan fingerprint density at radius 2 is 2.00 bits per heavy atom. The lowest BCUT2D eigenvalue weighted by molar-refractivity contribution is -0.140. The number of nitrogens with one attached hydrogen (secondary N) is 1. The van der Waals surface area contributed by atoms with Gasteiger partial charge in [0.15, 0.2) is 0 Å². The first-order chi connectivity index (χ1) is 9.27. The average Bonchev–Trinajstić information content (AvgIpc) is 2.35. The van der Waals surface area contributed by atoms with Gasteiger partial charge in [0.1, 0.15) is 5.82 Å². The molecule has 0 saturated carbocycles. The summed E-state index contributed by atoms with van der Waals surface area (Å²) < 4.78 is 51.3. The normalized spacial score (nSPS) is 24.9. The van der Waals surface area contributed by atoms with Crippen LogP contribution in [0.5, 0.6) is 0 Å². The van der Waals surface area contributed by atoms with Crippen molar-refractivity contribution in [2.24, 2.45) is 0 Å². The van der Waals surface area contributed by atoms with E-state index in [1.165, 1.54) is 6.07 Å². The van der Waals surface area contributed by atoms with Crippen LogP contribution in [0.3, 0.4) is 0 Å². The molecule has 1 aliphatic rings. The van der Waals surface area contributed by atoms with Gasteiger partial charge in [-0.25, -0.2) is 4.39 Å². The van der Waals surface area contributed by atoms with Gasteiger partial charge in [0.05, 0.1) is 5.56 Å². The fraction of sp³-hybridized carbons (Fsp3) is 0.571. The maximum absolute atomic E-state index is 13.2. The summed E-state index contributed by atoms with van der Waals surface area (Å²) in [5.41, 5.74) is -0.703. The second kappa shape index (κ2) is 5.69. The lowest BCUT2D eigenvalue weighted by Gasteiger charge is -2.37. The second-order valence-corrected chi connectivity index (χ2v) is 5.40. The molecule has 0 bridgehead atoms. The highest BCUT2D eigenvalue weighted by atomic mass is 19.4. The SMILES string of the molecule is C[C@@H]1CN(Cc2ccc(F)c(C(F)(F)F)c2)[C@@H](C)CN1. The van der Waals surface area contributed by atoms with Gasteiger partial charge in [-0.15, -0.1) is 0 Å². The third-order valence-electron chi connectivity index (χ3n) is 3.62. The van der Waals surface area contributed by atoms with Crippen LogP contribution in [0, 0.1) is 5.82 Å². The van der Waals surface area contributed by atoms with Crippen LogP contribution in [0.15, 0.2) is 18.2 Å². The van der Waals surface area contributed by atoms with Crippen molar-refractivity contribution >= 4 is 0 Å². The fourth-order valence-electron chi connectivity index (χ4n) is 2.44. The molecule has 112 valence electrons. The van der Waals surface area contributed by atoms with Gasteiger partial charge in [0, 0.05) is 31.7 Å². The van der Waals surface area contributed by atoms with Gasteiger partial charge in [-0.1, -0.05) is 6.07 Å². The summed E-state index contributed by atoms with van der Waals surface area (Å²) in [5, 5.41) is 3.31. The van der Waals surface area contributed by atoms with Crippen molar-refractivity contribution in [2.45, 2.75) is 38.7 Å². The van der Waals surface area contributed by atoms with E-state index in [1.807, 2.05) is 13.8 Å². The van der Waals surface area contributed by atoms with E-state index in [1.54, 1.807) is 0 Å². The number of halogens is 4. The minimum atomic E-state index is -4.65. The number of nitrogens with zero attached hydrogens (tertiary/aromatic N) is 1. The molecule has 1 heterocycles. The van der Waals surface area contributed by atoms with E-state index in [0.29, 0.717) is 18.2 Å². The first kappa shape index (κ1) is 15.3. The molecule has 0 spiro atoms. The Bertz CT molecular complexity index is 473. The van der Waals surface area contributed by atoms with Crippen LogP contribution < -0.4 is 5.32 Å². The Kier molecular flexibility index (Phi) is 4.34. The largest absolute Gasteiger partial charge is 0.419 e. The number of benzene rings is 1. The molecule has 1 aromatic rings. The number of hydrogen-bond donors (Lipinski definition) is 1. The molecule has 0 amide bonds. The summed E-state index contributed by atoms with van der Waals surface area (Å²) in [5.74, 6) is -1.22. The minimum Gasteiger partial charge on any atom is -0.311 e. The molecule has 1 saturated heterocycles. The van der Waals surface area contributed by atoms with Crippen LogP contribution in [0.25, 0.3) is 0 Å². The van der Waals surface area contributed by atoms with Crippen LogP contribution in [0.4, 0.5) is 17.6 Å². The van der Waals surface area contributed by atoms with Crippen molar-refractivity contribution < 1.29 is 17.6 Å². The van der Waals surface area contributed by atoms with Crippen molar-refractivity contribution in [3.8, 4) is 0 Å². The van der Waals surface area contributed by atoms with Crippen molar-refractivity contribution in [3.05, 3.63) is 35.1 Å². The summed E-state index contributed by atoms with van der Waals surface area (Å²) in [6, 6.07) is 3.77. The Labute approximate surface area is 115 Å². The quantitative estimate of drug-likeness (QED) is 0.842. The minimum absolute atomic E-state index is 0.241. The van der Waals surface area contributed by atoms with Gasteiger partial charge in [-0.2, -0.15) is 13.2 Å². The van der Waals surface area contributed by atoms with Gasteiger partial charge in [0.2, 0.25) is 0 Å². The fourth-order valence-corrected chi connectivity index (χ4v) is 2.44.